The van der Waals surface area contributed by atoms with Crippen LogP contribution >= 0.6 is 23.2 Å². The SMILES string of the molecule is O=S(=O)(NCC(c1ccco1)N1CCCC1)c1cc(Cl)cc(Cl)c1. The third kappa shape index (κ3) is 4.13. The van der Waals surface area contributed by atoms with Gasteiger partial charge in [0.2, 0.25) is 10.0 Å². The molecule has 1 saturated heterocycles. The van der Waals surface area contributed by atoms with Gasteiger partial charge in [0.05, 0.1) is 17.2 Å². The van der Waals surface area contributed by atoms with Crippen LogP contribution in [-0.4, -0.2) is 33.0 Å². The molecule has 0 radical (unpaired) electrons. The first-order chi connectivity index (χ1) is 11.5. The third-order valence-electron chi connectivity index (χ3n) is 4.07. The van der Waals surface area contributed by atoms with Crippen LogP contribution in [0.5, 0.6) is 0 Å². The summed E-state index contributed by atoms with van der Waals surface area (Å²) in [6.45, 7) is 2.08. The second-order valence-corrected chi connectivity index (χ2v) is 8.37. The van der Waals surface area contributed by atoms with Gasteiger partial charge in [0.1, 0.15) is 5.76 Å². The average molecular weight is 389 g/mol. The van der Waals surface area contributed by atoms with Gasteiger partial charge in [-0.15, -0.1) is 0 Å². The summed E-state index contributed by atoms with van der Waals surface area (Å²) in [5.74, 6) is 0.753. The van der Waals surface area contributed by atoms with Crippen molar-refractivity contribution in [3.05, 3.63) is 52.4 Å². The zero-order valence-corrected chi connectivity index (χ0v) is 15.2. The van der Waals surface area contributed by atoms with E-state index < -0.39 is 10.0 Å². The highest BCUT2D eigenvalue weighted by Crippen LogP contribution is 2.26. The minimum absolute atomic E-state index is 0.0552. The Bertz CT molecular complexity index is 767. The van der Waals surface area contributed by atoms with E-state index in [0.29, 0.717) is 0 Å². The Morgan fingerprint density at radius 2 is 1.83 bits per heavy atom. The molecule has 0 aliphatic carbocycles. The van der Waals surface area contributed by atoms with Gasteiger partial charge in [0.15, 0.2) is 0 Å². The van der Waals surface area contributed by atoms with E-state index >= 15 is 0 Å². The number of hydrogen-bond donors (Lipinski definition) is 1. The van der Waals surface area contributed by atoms with Gasteiger partial charge in [-0.1, -0.05) is 23.2 Å². The lowest BCUT2D eigenvalue weighted by molar-refractivity contribution is 0.216. The van der Waals surface area contributed by atoms with Gasteiger partial charge in [-0.25, -0.2) is 13.1 Å². The summed E-state index contributed by atoms with van der Waals surface area (Å²) < 4.78 is 33.2. The second-order valence-electron chi connectivity index (χ2n) is 5.73. The Kier molecular flexibility index (Phi) is 5.52. The van der Waals surface area contributed by atoms with Crippen molar-refractivity contribution in [2.24, 2.45) is 0 Å². The molecular weight excluding hydrogens is 371 g/mol. The first-order valence-electron chi connectivity index (χ1n) is 7.69. The summed E-state index contributed by atoms with van der Waals surface area (Å²) in [5, 5.41) is 0.565. The largest absolute Gasteiger partial charge is 0.468 e. The lowest BCUT2D eigenvalue weighted by atomic mass is 10.2. The van der Waals surface area contributed by atoms with E-state index in [-0.39, 0.29) is 27.5 Å². The predicted molar refractivity (Wildman–Crippen MR) is 93.9 cm³/mol. The minimum atomic E-state index is -3.71. The molecular formula is C16H18Cl2N2O3S. The number of nitrogens with one attached hydrogen (secondary N) is 1. The summed E-state index contributed by atoms with van der Waals surface area (Å²) >= 11 is 11.8. The number of halogens is 2. The maximum Gasteiger partial charge on any atom is 0.240 e. The Hall–Kier alpha value is -1.05. The van der Waals surface area contributed by atoms with Gasteiger partial charge < -0.3 is 4.42 Å². The van der Waals surface area contributed by atoms with Crippen LogP contribution in [0.1, 0.15) is 24.6 Å². The molecule has 1 fully saturated rings. The number of benzene rings is 1. The molecule has 2 aromatic rings. The molecule has 5 nitrogen and oxygen atoms in total. The molecule has 3 rings (SSSR count). The van der Waals surface area contributed by atoms with E-state index in [1.165, 1.54) is 18.2 Å². The van der Waals surface area contributed by atoms with Crippen LogP contribution in [0.15, 0.2) is 45.9 Å². The fourth-order valence-electron chi connectivity index (χ4n) is 2.90. The van der Waals surface area contributed by atoms with Crippen LogP contribution in [0.2, 0.25) is 10.0 Å². The predicted octanol–water partition coefficient (Wildman–Crippen LogP) is 3.70. The summed E-state index contributed by atoms with van der Waals surface area (Å²) in [5.41, 5.74) is 0. The van der Waals surface area contributed by atoms with Crippen LogP contribution in [0.4, 0.5) is 0 Å². The molecule has 0 saturated carbocycles. The number of nitrogens with zero attached hydrogens (tertiary/aromatic N) is 1. The molecule has 24 heavy (non-hydrogen) atoms. The molecule has 0 spiro atoms. The molecule has 0 amide bonds. The first kappa shape index (κ1) is 17.8. The summed E-state index contributed by atoms with van der Waals surface area (Å²) in [6.07, 6.45) is 3.81. The van der Waals surface area contributed by atoms with Crippen molar-refractivity contribution in [2.75, 3.05) is 19.6 Å². The molecule has 1 unspecified atom stereocenters. The lowest BCUT2D eigenvalue weighted by Crippen LogP contribution is -2.36. The van der Waals surface area contributed by atoms with Crippen molar-refractivity contribution >= 4 is 33.2 Å². The average Bonchev–Trinajstić information content (AvgIpc) is 3.20. The monoisotopic (exact) mass is 388 g/mol. The number of rotatable bonds is 6. The van der Waals surface area contributed by atoms with E-state index in [9.17, 15) is 8.42 Å². The topological polar surface area (TPSA) is 62.6 Å². The van der Waals surface area contributed by atoms with E-state index in [1.54, 1.807) is 6.26 Å². The number of hydrogen-bond acceptors (Lipinski definition) is 4. The standard InChI is InChI=1S/C16H18Cl2N2O3S/c17-12-8-13(18)10-14(9-12)24(21,22)19-11-15(16-4-3-7-23-16)20-5-1-2-6-20/h3-4,7-10,15,19H,1-2,5-6,11H2. The Morgan fingerprint density at radius 1 is 1.17 bits per heavy atom. The molecule has 1 N–H and O–H groups in total. The summed E-state index contributed by atoms with van der Waals surface area (Å²) in [6, 6.07) is 7.81. The van der Waals surface area contributed by atoms with Crippen molar-refractivity contribution in [1.82, 2.24) is 9.62 Å². The van der Waals surface area contributed by atoms with E-state index in [4.69, 9.17) is 27.6 Å². The Labute approximate surface area is 151 Å². The molecule has 8 heteroatoms. The van der Waals surface area contributed by atoms with Crippen molar-refractivity contribution in [3.8, 4) is 0 Å². The summed E-state index contributed by atoms with van der Waals surface area (Å²) in [7, 11) is -3.71. The van der Waals surface area contributed by atoms with Crippen molar-refractivity contribution in [1.29, 1.82) is 0 Å². The molecule has 2 heterocycles. The van der Waals surface area contributed by atoms with E-state index in [2.05, 4.69) is 9.62 Å². The highest BCUT2D eigenvalue weighted by Gasteiger charge is 2.27. The second kappa shape index (κ2) is 7.45. The van der Waals surface area contributed by atoms with Crippen molar-refractivity contribution in [3.63, 3.8) is 0 Å². The van der Waals surface area contributed by atoms with Crippen LogP contribution in [-0.2, 0) is 10.0 Å². The Balaban J connectivity index is 1.78. The molecule has 0 bridgehead atoms. The lowest BCUT2D eigenvalue weighted by Gasteiger charge is -2.26. The fraction of sp³-hybridized carbons (Fsp3) is 0.375. The maximum absolute atomic E-state index is 12.5. The van der Waals surface area contributed by atoms with E-state index in [0.717, 1.165) is 31.7 Å². The molecule has 1 aliphatic rings. The van der Waals surface area contributed by atoms with Crippen molar-refractivity contribution < 1.29 is 12.8 Å². The zero-order chi connectivity index (χ0) is 17.2. The van der Waals surface area contributed by atoms with Gasteiger partial charge in [0.25, 0.3) is 0 Å². The highest BCUT2D eigenvalue weighted by molar-refractivity contribution is 7.89. The van der Waals surface area contributed by atoms with Crippen LogP contribution in [0.25, 0.3) is 0 Å². The molecule has 1 aromatic heterocycles. The van der Waals surface area contributed by atoms with Gasteiger partial charge in [-0.3, -0.25) is 4.90 Å². The summed E-state index contributed by atoms with van der Waals surface area (Å²) in [4.78, 5) is 2.28. The molecule has 1 aromatic carbocycles. The minimum Gasteiger partial charge on any atom is -0.468 e. The normalized spacial score (nSPS) is 17.2. The number of sulfonamides is 1. The van der Waals surface area contributed by atoms with Crippen LogP contribution in [0.3, 0.4) is 0 Å². The van der Waals surface area contributed by atoms with Crippen molar-refractivity contribution in [2.45, 2.75) is 23.8 Å². The molecule has 1 aliphatic heterocycles. The third-order valence-corrected chi connectivity index (χ3v) is 5.91. The molecule has 1 atom stereocenters. The number of likely N-dealkylation sites (tertiary alicyclic amines) is 1. The zero-order valence-electron chi connectivity index (χ0n) is 12.9. The first-order valence-corrected chi connectivity index (χ1v) is 9.93. The van der Waals surface area contributed by atoms with Gasteiger partial charge in [-0.05, 0) is 56.3 Å². The quantitative estimate of drug-likeness (QED) is 0.819. The van der Waals surface area contributed by atoms with Gasteiger partial charge in [0, 0.05) is 16.6 Å². The molecule has 130 valence electrons. The highest BCUT2D eigenvalue weighted by atomic mass is 35.5. The smallest absolute Gasteiger partial charge is 0.240 e. The van der Waals surface area contributed by atoms with Gasteiger partial charge in [-0.2, -0.15) is 0 Å². The fourth-order valence-corrected chi connectivity index (χ4v) is 4.66. The number of furan rings is 1. The van der Waals surface area contributed by atoms with Crippen LogP contribution < -0.4 is 4.72 Å². The van der Waals surface area contributed by atoms with E-state index in [1.807, 2.05) is 12.1 Å². The maximum atomic E-state index is 12.5. The van der Waals surface area contributed by atoms with Gasteiger partial charge >= 0.3 is 0 Å². The Morgan fingerprint density at radius 3 is 2.42 bits per heavy atom. The van der Waals surface area contributed by atoms with Crippen LogP contribution in [0, 0.1) is 0 Å².